The summed E-state index contributed by atoms with van der Waals surface area (Å²) < 4.78 is 0. The van der Waals surface area contributed by atoms with Gasteiger partial charge in [-0.05, 0) is 24.3 Å². The van der Waals surface area contributed by atoms with Crippen molar-refractivity contribution in [2.24, 2.45) is 0 Å². The molecule has 0 aliphatic carbocycles. The van der Waals surface area contributed by atoms with Crippen LogP contribution in [0.25, 0.3) is 10.9 Å². The molecule has 1 fully saturated rings. The third-order valence-electron chi connectivity index (χ3n) is 5.30. The zero-order valence-electron chi connectivity index (χ0n) is 16.3. The van der Waals surface area contributed by atoms with E-state index in [0.29, 0.717) is 49.3 Å². The van der Waals surface area contributed by atoms with Crippen LogP contribution in [0.5, 0.6) is 0 Å². The Morgan fingerprint density at radius 3 is 2.47 bits per heavy atom. The third-order valence-corrected chi connectivity index (χ3v) is 5.30. The Bertz CT molecular complexity index is 1130. The molecule has 4 rings (SSSR count). The number of fused-ring (bicyclic) bond motifs is 1. The summed E-state index contributed by atoms with van der Waals surface area (Å²) in [6, 6.07) is 13.6. The molecule has 2 heterocycles. The second-order valence-electron chi connectivity index (χ2n) is 7.17. The normalized spacial score (nSPS) is 14.1. The molecule has 1 amide bonds. The van der Waals surface area contributed by atoms with Gasteiger partial charge in [0.05, 0.1) is 15.8 Å². The largest absolute Gasteiger partial charge is 0.368 e. The summed E-state index contributed by atoms with van der Waals surface area (Å²) in [5, 5.41) is 11.3. The third kappa shape index (κ3) is 4.14. The number of carbonyl (C=O) groups is 1. The SMILES string of the molecule is O=C(CCc1nc2ccccc2c(=O)[nH]1)N1CCN(c2ccc([N+](=O)[O-])cc2)CC1. The van der Waals surface area contributed by atoms with Crippen molar-refractivity contribution in [3.63, 3.8) is 0 Å². The zero-order valence-corrected chi connectivity index (χ0v) is 16.3. The maximum Gasteiger partial charge on any atom is 0.269 e. The van der Waals surface area contributed by atoms with E-state index in [4.69, 9.17) is 0 Å². The lowest BCUT2D eigenvalue weighted by Gasteiger charge is -2.36. The Balaban J connectivity index is 1.32. The highest BCUT2D eigenvalue weighted by Crippen LogP contribution is 2.21. The van der Waals surface area contributed by atoms with E-state index in [0.717, 1.165) is 5.69 Å². The lowest BCUT2D eigenvalue weighted by Crippen LogP contribution is -2.48. The molecule has 9 nitrogen and oxygen atoms in total. The van der Waals surface area contributed by atoms with Crippen LogP contribution in [0.4, 0.5) is 11.4 Å². The Hall–Kier alpha value is -3.75. The van der Waals surface area contributed by atoms with Crippen LogP contribution in [0, 0.1) is 10.1 Å². The number of nitrogens with zero attached hydrogens (tertiary/aromatic N) is 4. The van der Waals surface area contributed by atoms with Crippen LogP contribution in [0.3, 0.4) is 0 Å². The van der Waals surface area contributed by atoms with Crippen molar-refractivity contribution >= 4 is 28.2 Å². The number of rotatable bonds is 5. The standard InChI is InChI=1S/C21H21N5O4/c27-20(10-9-19-22-18-4-2-1-3-17(18)21(28)23-19)25-13-11-24(12-14-25)15-5-7-16(8-6-15)26(29)30/h1-8H,9-14H2,(H,22,23,28). The Morgan fingerprint density at radius 2 is 1.77 bits per heavy atom. The van der Waals surface area contributed by atoms with E-state index in [-0.39, 0.29) is 23.6 Å². The number of para-hydroxylation sites is 1. The summed E-state index contributed by atoms with van der Waals surface area (Å²) in [4.78, 5) is 46.2. The van der Waals surface area contributed by atoms with Crippen LogP contribution >= 0.6 is 0 Å². The first-order valence-electron chi connectivity index (χ1n) is 9.76. The highest BCUT2D eigenvalue weighted by molar-refractivity contribution is 5.78. The van der Waals surface area contributed by atoms with Gasteiger partial charge in [0.2, 0.25) is 5.91 Å². The molecule has 1 aliphatic rings. The summed E-state index contributed by atoms with van der Waals surface area (Å²) >= 11 is 0. The van der Waals surface area contributed by atoms with Crippen LogP contribution in [0.15, 0.2) is 53.3 Å². The number of piperazine rings is 1. The van der Waals surface area contributed by atoms with Crippen molar-refractivity contribution in [1.29, 1.82) is 0 Å². The summed E-state index contributed by atoms with van der Waals surface area (Å²) in [6.07, 6.45) is 0.653. The van der Waals surface area contributed by atoms with E-state index in [1.807, 2.05) is 6.07 Å². The van der Waals surface area contributed by atoms with E-state index < -0.39 is 4.92 Å². The van der Waals surface area contributed by atoms with Gasteiger partial charge in [-0.25, -0.2) is 4.98 Å². The van der Waals surface area contributed by atoms with Gasteiger partial charge >= 0.3 is 0 Å². The Labute approximate surface area is 172 Å². The van der Waals surface area contributed by atoms with Gasteiger partial charge in [-0.3, -0.25) is 19.7 Å². The minimum atomic E-state index is -0.419. The Morgan fingerprint density at radius 1 is 1.07 bits per heavy atom. The number of amides is 1. The number of non-ortho nitro benzene ring substituents is 1. The molecule has 2 aromatic carbocycles. The van der Waals surface area contributed by atoms with Crippen molar-refractivity contribution in [3.8, 4) is 0 Å². The molecular weight excluding hydrogens is 386 g/mol. The van der Waals surface area contributed by atoms with Crippen molar-refractivity contribution in [2.45, 2.75) is 12.8 Å². The number of hydrogen-bond acceptors (Lipinski definition) is 6. The second kappa shape index (κ2) is 8.32. The molecule has 1 aliphatic heterocycles. The van der Waals surface area contributed by atoms with Gasteiger partial charge in [0.15, 0.2) is 0 Å². The van der Waals surface area contributed by atoms with E-state index >= 15 is 0 Å². The molecule has 0 spiro atoms. The van der Waals surface area contributed by atoms with Gasteiger partial charge < -0.3 is 14.8 Å². The minimum absolute atomic E-state index is 0.0224. The first-order chi connectivity index (χ1) is 14.5. The summed E-state index contributed by atoms with van der Waals surface area (Å²) in [5.74, 6) is 0.533. The quantitative estimate of drug-likeness (QED) is 0.512. The molecule has 0 radical (unpaired) electrons. The molecule has 0 saturated carbocycles. The van der Waals surface area contributed by atoms with Gasteiger partial charge in [0.25, 0.3) is 11.2 Å². The van der Waals surface area contributed by atoms with Gasteiger partial charge in [-0.1, -0.05) is 12.1 Å². The number of benzene rings is 2. The van der Waals surface area contributed by atoms with Crippen molar-refractivity contribution in [3.05, 3.63) is 74.8 Å². The summed E-state index contributed by atoms with van der Waals surface area (Å²) in [5.41, 5.74) is 1.40. The summed E-state index contributed by atoms with van der Waals surface area (Å²) in [7, 11) is 0. The van der Waals surface area contributed by atoms with E-state index in [9.17, 15) is 19.7 Å². The first-order valence-corrected chi connectivity index (χ1v) is 9.76. The van der Waals surface area contributed by atoms with Crippen LogP contribution in [-0.2, 0) is 11.2 Å². The Kier molecular flexibility index (Phi) is 5.42. The predicted octanol–water partition coefficient (Wildman–Crippen LogP) is 2.11. The fourth-order valence-corrected chi connectivity index (χ4v) is 3.64. The van der Waals surface area contributed by atoms with Crippen molar-refractivity contribution in [2.75, 3.05) is 31.1 Å². The molecule has 1 saturated heterocycles. The molecule has 9 heteroatoms. The molecule has 1 N–H and O–H groups in total. The fraction of sp³-hybridized carbons (Fsp3) is 0.286. The van der Waals surface area contributed by atoms with E-state index in [2.05, 4.69) is 14.9 Å². The van der Waals surface area contributed by atoms with Crippen LogP contribution in [0.1, 0.15) is 12.2 Å². The maximum atomic E-state index is 12.6. The highest BCUT2D eigenvalue weighted by atomic mass is 16.6. The fourth-order valence-electron chi connectivity index (χ4n) is 3.64. The topological polar surface area (TPSA) is 112 Å². The lowest BCUT2D eigenvalue weighted by atomic mass is 10.2. The second-order valence-corrected chi connectivity index (χ2v) is 7.17. The minimum Gasteiger partial charge on any atom is -0.368 e. The molecule has 0 atom stereocenters. The van der Waals surface area contributed by atoms with E-state index in [1.165, 1.54) is 12.1 Å². The molecule has 0 bridgehead atoms. The van der Waals surface area contributed by atoms with Gasteiger partial charge in [0, 0.05) is 56.8 Å². The number of nitro groups is 1. The molecular formula is C21H21N5O4. The maximum absolute atomic E-state index is 12.6. The molecule has 0 unspecified atom stereocenters. The number of aromatic amines is 1. The summed E-state index contributed by atoms with van der Waals surface area (Å²) in [6.45, 7) is 2.48. The predicted molar refractivity (Wildman–Crippen MR) is 113 cm³/mol. The average Bonchev–Trinajstić information content (AvgIpc) is 2.78. The smallest absolute Gasteiger partial charge is 0.269 e. The lowest BCUT2D eigenvalue weighted by molar-refractivity contribution is -0.384. The van der Waals surface area contributed by atoms with Crippen molar-refractivity contribution < 1.29 is 9.72 Å². The highest BCUT2D eigenvalue weighted by Gasteiger charge is 2.21. The number of carbonyl (C=O) groups excluding carboxylic acids is 1. The zero-order chi connectivity index (χ0) is 21.1. The number of hydrogen-bond donors (Lipinski definition) is 1. The number of H-pyrrole nitrogens is 1. The van der Waals surface area contributed by atoms with Crippen LogP contribution in [0.2, 0.25) is 0 Å². The number of nitro benzene ring substituents is 1. The van der Waals surface area contributed by atoms with Gasteiger partial charge in [0.1, 0.15) is 5.82 Å². The van der Waals surface area contributed by atoms with Crippen molar-refractivity contribution in [1.82, 2.24) is 14.9 Å². The first kappa shape index (κ1) is 19.6. The van der Waals surface area contributed by atoms with Crippen LogP contribution < -0.4 is 10.5 Å². The molecule has 1 aromatic heterocycles. The van der Waals surface area contributed by atoms with E-state index in [1.54, 1.807) is 35.2 Å². The average molecular weight is 407 g/mol. The van der Waals surface area contributed by atoms with Gasteiger partial charge in [-0.15, -0.1) is 0 Å². The van der Waals surface area contributed by atoms with Gasteiger partial charge in [-0.2, -0.15) is 0 Å². The number of aryl methyl sites for hydroxylation is 1. The number of aromatic nitrogens is 2. The monoisotopic (exact) mass is 407 g/mol. The number of nitrogens with one attached hydrogen (secondary N) is 1. The molecule has 3 aromatic rings. The molecule has 30 heavy (non-hydrogen) atoms. The van der Waals surface area contributed by atoms with Crippen LogP contribution in [-0.4, -0.2) is 51.9 Å². The molecule has 154 valence electrons. The number of anilines is 1.